The average molecular weight is 347 g/mol. The number of hydrogen-bond donors (Lipinski definition) is 3. The Morgan fingerprint density at radius 3 is 2.68 bits per heavy atom. The van der Waals surface area contributed by atoms with E-state index < -0.39 is 5.41 Å². The first-order valence-corrected chi connectivity index (χ1v) is 6.91. The van der Waals surface area contributed by atoms with Crippen molar-refractivity contribution >= 4 is 45.0 Å². The summed E-state index contributed by atoms with van der Waals surface area (Å²) in [7, 11) is 0. The number of carbonyl (C=O) groups excluding carboxylic acids is 1. The highest BCUT2D eigenvalue weighted by atomic mass is 79.9. The van der Waals surface area contributed by atoms with Gasteiger partial charge < -0.3 is 16.3 Å². The number of oxime groups is 1. The molecule has 2 rings (SSSR count). The van der Waals surface area contributed by atoms with Crippen LogP contribution in [0.25, 0.3) is 0 Å². The summed E-state index contributed by atoms with van der Waals surface area (Å²) in [4.78, 5) is 12.3. The molecule has 1 amide bonds. The van der Waals surface area contributed by atoms with Gasteiger partial charge in [0.15, 0.2) is 5.84 Å². The van der Waals surface area contributed by atoms with E-state index in [0.29, 0.717) is 23.6 Å². The molecule has 0 spiro atoms. The van der Waals surface area contributed by atoms with E-state index in [9.17, 15) is 4.79 Å². The minimum absolute atomic E-state index is 0.0422. The van der Waals surface area contributed by atoms with E-state index in [1.165, 1.54) is 0 Å². The van der Waals surface area contributed by atoms with Crippen LogP contribution in [0.3, 0.4) is 0 Å². The molecule has 0 bridgehead atoms. The van der Waals surface area contributed by atoms with Crippen LogP contribution in [0.2, 0.25) is 5.02 Å². The molecule has 1 aliphatic carbocycles. The van der Waals surface area contributed by atoms with Gasteiger partial charge in [0.1, 0.15) is 5.41 Å². The van der Waals surface area contributed by atoms with Gasteiger partial charge in [0.2, 0.25) is 5.91 Å². The average Bonchev–Trinajstić information content (AvgIpc) is 2.32. The third kappa shape index (κ3) is 2.55. The number of nitrogens with one attached hydrogen (secondary N) is 1. The molecule has 0 unspecified atom stereocenters. The van der Waals surface area contributed by atoms with Crippen molar-refractivity contribution in [3.05, 3.63) is 27.7 Å². The molecule has 0 atom stereocenters. The quantitative estimate of drug-likeness (QED) is 0.340. The van der Waals surface area contributed by atoms with Crippen LogP contribution in [0, 0.1) is 5.41 Å². The number of benzene rings is 1. The lowest BCUT2D eigenvalue weighted by atomic mass is 9.67. The van der Waals surface area contributed by atoms with Crippen molar-refractivity contribution in [2.24, 2.45) is 16.3 Å². The lowest BCUT2D eigenvalue weighted by Crippen LogP contribution is -2.51. The zero-order chi connectivity index (χ0) is 14.0. The Bertz CT molecular complexity index is 544. The minimum Gasteiger partial charge on any atom is -0.409 e. The van der Waals surface area contributed by atoms with Crippen molar-refractivity contribution in [3.63, 3.8) is 0 Å². The first-order chi connectivity index (χ1) is 8.99. The van der Waals surface area contributed by atoms with Crippen LogP contribution in [0.15, 0.2) is 27.8 Å². The number of rotatable bonds is 3. The number of anilines is 1. The van der Waals surface area contributed by atoms with Gasteiger partial charge in [-0.25, -0.2) is 0 Å². The number of carbonyl (C=O) groups is 1. The van der Waals surface area contributed by atoms with E-state index in [1.807, 2.05) is 0 Å². The predicted octanol–water partition coefficient (Wildman–Crippen LogP) is 2.96. The minimum atomic E-state index is -0.895. The highest BCUT2D eigenvalue weighted by Gasteiger charge is 2.48. The molecule has 1 fully saturated rings. The molecule has 19 heavy (non-hydrogen) atoms. The van der Waals surface area contributed by atoms with Crippen LogP contribution in [-0.4, -0.2) is 17.0 Å². The predicted molar refractivity (Wildman–Crippen MR) is 77.5 cm³/mol. The van der Waals surface area contributed by atoms with Crippen molar-refractivity contribution in [3.8, 4) is 0 Å². The van der Waals surface area contributed by atoms with Crippen LogP contribution in [0.5, 0.6) is 0 Å². The van der Waals surface area contributed by atoms with Crippen molar-refractivity contribution < 1.29 is 10.0 Å². The normalized spacial score (nSPS) is 17.7. The van der Waals surface area contributed by atoms with Gasteiger partial charge in [0.25, 0.3) is 0 Å². The van der Waals surface area contributed by atoms with Crippen LogP contribution < -0.4 is 11.1 Å². The van der Waals surface area contributed by atoms with Gasteiger partial charge in [-0.15, -0.1) is 0 Å². The lowest BCUT2D eigenvalue weighted by Gasteiger charge is -2.38. The number of amidine groups is 1. The van der Waals surface area contributed by atoms with Crippen molar-refractivity contribution in [1.82, 2.24) is 0 Å². The van der Waals surface area contributed by atoms with Crippen molar-refractivity contribution in [2.75, 3.05) is 5.32 Å². The maximum atomic E-state index is 12.3. The molecule has 7 heteroatoms. The summed E-state index contributed by atoms with van der Waals surface area (Å²) in [5, 5.41) is 15.0. The molecule has 1 saturated carbocycles. The molecule has 1 aromatic rings. The molecule has 102 valence electrons. The highest BCUT2D eigenvalue weighted by Crippen LogP contribution is 2.42. The second-order valence-corrected chi connectivity index (χ2v) is 5.77. The Balaban J connectivity index is 2.18. The van der Waals surface area contributed by atoms with Gasteiger partial charge in [-0.2, -0.15) is 0 Å². The first kappa shape index (κ1) is 14.1. The van der Waals surface area contributed by atoms with E-state index in [2.05, 4.69) is 26.4 Å². The summed E-state index contributed by atoms with van der Waals surface area (Å²) in [6.07, 6.45) is 2.04. The third-order valence-corrected chi connectivity index (χ3v) is 4.65. The Morgan fingerprint density at radius 2 is 2.21 bits per heavy atom. The topological polar surface area (TPSA) is 87.7 Å². The van der Waals surface area contributed by atoms with E-state index in [0.717, 1.165) is 10.9 Å². The molecule has 0 aromatic heterocycles. The number of amides is 1. The smallest absolute Gasteiger partial charge is 0.238 e. The van der Waals surface area contributed by atoms with Crippen LogP contribution in [0.4, 0.5) is 5.69 Å². The molecule has 0 saturated heterocycles. The zero-order valence-corrected chi connectivity index (χ0v) is 12.3. The number of nitrogens with two attached hydrogens (primary N) is 1. The largest absolute Gasteiger partial charge is 0.409 e. The summed E-state index contributed by atoms with van der Waals surface area (Å²) in [5.74, 6) is -0.313. The first-order valence-electron chi connectivity index (χ1n) is 5.74. The second-order valence-electron chi connectivity index (χ2n) is 4.50. The highest BCUT2D eigenvalue weighted by molar-refractivity contribution is 9.10. The standard InChI is InChI=1S/C12H13BrClN3O2/c13-8-3-2-7(6-9(8)14)16-11(18)12(4-1-5-12)10(15)17-19/h2-3,6,19H,1,4-5H2,(H2,15,17)(H,16,18). The molecule has 1 aromatic carbocycles. The Labute approximate surface area is 123 Å². The molecule has 5 nitrogen and oxygen atoms in total. The fourth-order valence-corrected chi connectivity index (χ4v) is 2.48. The lowest BCUT2D eigenvalue weighted by molar-refractivity contribution is -0.125. The van der Waals surface area contributed by atoms with Gasteiger partial charge in [0, 0.05) is 10.2 Å². The zero-order valence-electron chi connectivity index (χ0n) is 9.99. The summed E-state index contributed by atoms with van der Waals surface area (Å²) < 4.78 is 0.752. The summed E-state index contributed by atoms with van der Waals surface area (Å²) in [5.41, 5.74) is 5.31. The second kappa shape index (κ2) is 5.38. The summed E-state index contributed by atoms with van der Waals surface area (Å²) in [6, 6.07) is 5.11. The fourth-order valence-electron chi connectivity index (χ4n) is 2.05. The molecular formula is C12H13BrClN3O2. The number of halogens is 2. The van der Waals surface area contributed by atoms with Gasteiger partial charge in [-0.3, -0.25) is 4.79 Å². The molecule has 4 N–H and O–H groups in total. The monoisotopic (exact) mass is 345 g/mol. The van der Waals surface area contributed by atoms with Crippen LogP contribution in [-0.2, 0) is 4.79 Å². The van der Waals surface area contributed by atoms with Crippen LogP contribution in [0.1, 0.15) is 19.3 Å². The van der Waals surface area contributed by atoms with Gasteiger partial charge in [-0.05, 0) is 47.0 Å². The molecular weight excluding hydrogens is 334 g/mol. The van der Waals surface area contributed by atoms with Crippen molar-refractivity contribution in [2.45, 2.75) is 19.3 Å². The van der Waals surface area contributed by atoms with E-state index in [4.69, 9.17) is 22.5 Å². The third-order valence-electron chi connectivity index (χ3n) is 3.42. The fraction of sp³-hybridized carbons (Fsp3) is 0.333. The van der Waals surface area contributed by atoms with Crippen LogP contribution >= 0.6 is 27.5 Å². The Kier molecular flexibility index (Phi) is 4.01. The van der Waals surface area contributed by atoms with Crippen molar-refractivity contribution in [1.29, 1.82) is 0 Å². The van der Waals surface area contributed by atoms with E-state index >= 15 is 0 Å². The summed E-state index contributed by atoms with van der Waals surface area (Å²) >= 11 is 9.24. The van der Waals surface area contributed by atoms with Gasteiger partial charge in [-0.1, -0.05) is 23.2 Å². The molecule has 1 aliphatic rings. The molecule has 0 heterocycles. The Morgan fingerprint density at radius 1 is 1.53 bits per heavy atom. The van der Waals surface area contributed by atoms with Gasteiger partial charge >= 0.3 is 0 Å². The molecule has 0 aliphatic heterocycles. The number of nitrogens with zero attached hydrogens (tertiary/aromatic N) is 1. The maximum absolute atomic E-state index is 12.3. The summed E-state index contributed by atoms with van der Waals surface area (Å²) in [6.45, 7) is 0. The van der Waals surface area contributed by atoms with E-state index in [-0.39, 0.29) is 11.7 Å². The number of hydrogen-bond acceptors (Lipinski definition) is 3. The SMILES string of the molecule is N/C(=N/O)C1(C(=O)Nc2ccc(Br)c(Cl)c2)CCC1. The Hall–Kier alpha value is -1.27. The maximum Gasteiger partial charge on any atom is 0.238 e. The molecule has 0 radical (unpaired) electrons. The van der Waals surface area contributed by atoms with Gasteiger partial charge in [0.05, 0.1) is 5.02 Å². The van der Waals surface area contributed by atoms with E-state index in [1.54, 1.807) is 18.2 Å².